The van der Waals surface area contributed by atoms with Crippen molar-refractivity contribution in [1.82, 2.24) is 21.5 Å². The van der Waals surface area contributed by atoms with Crippen LogP contribution in [0.25, 0.3) is 0 Å². The van der Waals surface area contributed by atoms with E-state index in [1.165, 1.54) is 0 Å². The first-order valence-electron chi connectivity index (χ1n) is 10.3. The smallest absolute Gasteiger partial charge is 0.377 e. The zero-order chi connectivity index (χ0) is 22.4. The number of fused-ring (bicyclic) bond motifs is 5. The first-order chi connectivity index (χ1) is 13.7. The molecular weight excluding hydrogens is 418 g/mol. The zero-order valence-electron chi connectivity index (χ0n) is 17.0. The van der Waals surface area contributed by atoms with Crippen LogP contribution in [0.4, 0.5) is 26.3 Å². The van der Waals surface area contributed by atoms with E-state index in [-0.39, 0.29) is 19.3 Å². The van der Waals surface area contributed by atoms with Crippen molar-refractivity contribution in [3.63, 3.8) is 0 Å². The van der Waals surface area contributed by atoms with E-state index in [0.717, 1.165) is 0 Å². The summed E-state index contributed by atoms with van der Waals surface area (Å²) in [5, 5.41) is 16.4. The molecule has 3 rings (SSSR count). The second-order valence-corrected chi connectivity index (χ2v) is 9.21. The number of alkyl halides is 6. The summed E-state index contributed by atoms with van der Waals surface area (Å²) in [6, 6.07) is -0.671. The van der Waals surface area contributed by atoms with Crippen molar-refractivity contribution in [3.05, 3.63) is 0 Å². The minimum atomic E-state index is -4.93. The number of hydrogen-bond acceptors (Lipinski definition) is 6. The molecular formula is C18H30F6N4O2. The third-order valence-corrected chi connectivity index (χ3v) is 6.34. The molecule has 0 aromatic carbocycles. The highest BCUT2D eigenvalue weighted by Gasteiger charge is 2.61. The molecule has 5 N–H and O–H groups in total. The predicted octanol–water partition coefficient (Wildman–Crippen LogP) is 2.65. The summed E-state index contributed by atoms with van der Waals surface area (Å²) in [7, 11) is 0. The van der Waals surface area contributed by atoms with Gasteiger partial charge in [0.1, 0.15) is 6.23 Å². The normalized spacial score (nSPS) is 41.3. The highest BCUT2D eigenvalue weighted by molar-refractivity contribution is 4.99. The van der Waals surface area contributed by atoms with Crippen LogP contribution in [0.2, 0.25) is 0 Å². The van der Waals surface area contributed by atoms with E-state index in [4.69, 9.17) is 4.74 Å². The maximum atomic E-state index is 13.7. The third kappa shape index (κ3) is 5.04. The van der Waals surface area contributed by atoms with Gasteiger partial charge in [0.2, 0.25) is 5.60 Å². The lowest BCUT2D eigenvalue weighted by Gasteiger charge is -2.44. The van der Waals surface area contributed by atoms with Gasteiger partial charge in [-0.1, -0.05) is 19.3 Å². The number of rotatable bonds is 0. The van der Waals surface area contributed by atoms with Gasteiger partial charge < -0.3 is 9.84 Å². The fourth-order valence-corrected chi connectivity index (χ4v) is 4.54. The topological polar surface area (TPSA) is 77.6 Å². The van der Waals surface area contributed by atoms with Gasteiger partial charge in [-0.2, -0.15) is 26.3 Å². The third-order valence-electron chi connectivity index (χ3n) is 6.34. The number of halogens is 6. The summed E-state index contributed by atoms with van der Waals surface area (Å²) in [6.45, 7) is 3.57. The lowest BCUT2D eigenvalue weighted by atomic mass is 9.87. The molecule has 0 radical (unpaired) electrons. The standard InChI is InChI=1S/C18H30F6N4O2/c1-15(2)8-4-3-5-9-16(29,18(22,23)24)14-28-27-13(30-14)11-7-6-10(17(19,20)21)12(25-11)26-15/h10-14,25-29H,3-9H2,1-2H3/t10?,11?,12?,13?,14?,16-/m0/s1. The highest BCUT2D eigenvalue weighted by Crippen LogP contribution is 2.41. The van der Waals surface area contributed by atoms with Gasteiger partial charge in [-0.15, -0.1) is 0 Å². The quantitative estimate of drug-likeness (QED) is 0.367. The number of nitrogens with one attached hydrogen (secondary N) is 4. The summed E-state index contributed by atoms with van der Waals surface area (Å²) in [4.78, 5) is 0. The average molecular weight is 448 g/mol. The molecule has 4 bridgehead atoms. The molecule has 0 aromatic rings. The van der Waals surface area contributed by atoms with Crippen LogP contribution in [0, 0.1) is 5.92 Å². The summed E-state index contributed by atoms with van der Waals surface area (Å²) in [6.07, 6.45) is -12.4. The zero-order valence-corrected chi connectivity index (χ0v) is 17.0. The molecule has 12 heteroatoms. The van der Waals surface area contributed by atoms with Crippen LogP contribution < -0.4 is 21.5 Å². The van der Waals surface area contributed by atoms with Gasteiger partial charge in [0, 0.05) is 11.6 Å². The Labute approximate surface area is 171 Å². The maximum absolute atomic E-state index is 13.7. The number of hydrogen-bond donors (Lipinski definition) is 5. The second-order valence-electron chi connectivity index (χ2n) is 9.21. The summed E-state index contributed by atoms with van der Waals surface area (Å²) in [5.74, 6) is -1.63. The Kier molecular flexibility index (Phi) is 6.69. The molecule has 30 heavy (non-hydrogen) atoms. The van der Waals surface area contributed by atoms with E-state index in [9.17, 15) is 31.4 Å². The van der Waals surface area contributed by atoms with Crippen molar-refractivity contribution in [2.75, 3.05) is 0 Å². The molecule has 3 aliphatic heterocycles. The lowest BCUT2D eigenvalue weighted by molar-refractivity contribution is -0.300. The van der Waals surface area contributed by atoms with Gasteiger partial charge >= 0.3 is 12.4 Å². The molecule has 0 aliphatic carbocycles. The first-order valence-corrected chi connectivity index (χ1v) is 10.3. The molecule has 6 atom stereocenters. The Hall–Kier alpha value is -0.660. The summed E-state index contributed by atoms with van der Waals surface area (Å²) >= 11 is 0. The average Bonchev–Trinajstić information content (AvgIpc) is 3.08. The minimum Gasteiger partial charge on any atom is -0.377 e. The Morgan fingerprint density at radius 2 is 1.60 bits per heavy atom. The SMILES string of the molecule is CC1(C)CCCCC[C@@](O)(C(F)(F)F)C2NNC(O2)C2CCC(C(F)(F)F)C(N2)N1. The largest absolute Gasteiger partial charge is 0.421 e. The predicted molar refractivity (Wildman–Crippen MR) is 95.7 cm³/mol. The molecule has 6 nitrogen and oxygen atoms in total. The lowest BCUT2D eigenvalue weighted by Crippen LogP contribution is -2.66. The molecule has 0 aromatic heterocycles. The Bertz CT molecular complexity index is 602. The maximum Gasteiger partial charge on any atom is 0.421 e. The summed E-state index contributed by atoms with van der Waals surface area (Å²) in [5.41, 5.74) is 1.18. The molecule has 0 amide bonds. The van der Waals surface area contributed by atoms with Gasteiger partial charge in [0.05, 0.1) is 12.1 Å². The minimum absolute atomic E-state index is 0.0549. The molecule has 0 spiro atoms. The molecule has 3 aliphatic rings. The van der Waals surface area contributed by atoms with Crippen molar-refractivity contribution in [3.8, 4) is 0 Å². The van der Waals surface area contributed by atoms with E-state index >= 15 is 0 Å². The molecule has 0 saturated carbocycles. The Morgan fingerprint density at radius 3 is 2.23 bits per heavy atom. The highest BCUT2D eigenvalue weighted by atomic mass is 19.4. The van der Waals surface area contributed by atoms with Crippen molar-refractivity contribution in [2.24, 2.45) is 5.92 Å². The van der Waals surface area contributed by atoms with Gasteiger partial charge in [-0.05, 0) is 39.5 Å². The Balaban J connectivity index is 1.86. The van der Waals surface area contributed by atoms with E-state index in [1.54, 1.807) is 13.8 Å². The molecule has 176 valence electrons. The molecule has 3 heterocycles. The Morgan fingerprint density at radius 1 is 0.933 bits per heavy atom. The monoisotopic (exact) mass is 448 g/mol. The van der Waals surface area contributed by atoms with E-state index in [2.05, 4.69) is 21.5 Å². The second kappa shape index (κ2) is 8.36. The molecule has 3 saturated heterocycles. The number of ether oxygens (including phenoxy) is 1. The van der Waals surface area contributed by atoms with Crippen LogP contribution in [0.15, 0.2) is 0 Å². The van der Waals surface area contributed by atoms with Crippen LogP contribution in [0.3, 0.4) is 0 Å². The first kappa shape index (κ1) is 24.0. The van der Waals surface area contributed by atoms with Crippen molar-refractivity contribution in [1.29, 1.82) is 0 Å². The van der Waals surface area contributed by atoms with Gasteiger partial charge in [-0.3, -0.25) is 10.6 Å². The van der Waals surface area contributed by atoms with Gasteiger partial charge in [0.15, 0.2) is 6.23 Å². The summed E-state index contributed by atoms with van der Waals surface area (Å²) < 4.78 is 87.2. The van der Waals surface area contributed by atoms with Crippen molar-refractivity contribution < 1.29 is 36.2 Å². The molecule has 5 unspecified atom stereocenters. The number of hydrazine groups is 1. The van der Waals surface area contributed by atoms with Crippen LogP contribution in [0.5, 0.6) is 0 Å². The number of aliphatic hydroxyl groups is 1. The van der Waals surface area contributed by atoms with E-state index < -0.39 is 60.5 Å². The van der Waals surface area contributed by atoms with Gasteiger partial charge in [0.25, 0.3) is 0 Å². The van der Waals surface area contributed by atoms with Crippen LogP contribution in [-0.4, -0.2) is 53.3 Å². The van der Waals surface area contributed by atoms with Crippen LogP contribution >= 0.6 is 0 Å². The van der Waals surface area contributed by atoms with Crippen molar-refractivity contribution >= 4 is 0 Å². The van der Waals surface area contributed by atoms with Gasteiger partial charge in [-0.25, -0.2) is 10.9 Å². The van der Waals surface area contributed by atoms with Crippen LogP contribution in [-0.2, 0) is 4.74 Å². The fourth-order valence-electron chi connectivity index (χ4n) is 4.54. The van der Waals surface area contributed by atoms with E-state index in [0.29, 0.717) is 19.3 Å². The molecule has 3 fully saturated rings. The van der Waals surface area contributed by atoms with Crippen LogP contribution in [0.1, 0.15) is 58.8 Å². The fraction of sp³-hybridized carbons (Fsp3) is 1.00. The van der Waals surface area contributed by atoms with Crippen molar-refractivity contribution in [2.45, 2.75) is 107 Å². The number of piperidine rings is 1. The van der Waals surface area contributed by atoms with E-state index in [1.807, 2.05) is 0 Å².